The van der Waals surface area contributed by atoms with Gasteiger partial charge in [0.2, 0.25) is 0 Å². The zero-order valence-corrected chi connectivity index (χ0v) is 25.4. The molecule has 3 aromatic heterocycles. The largest absolute Gasteiger partial charge is 0.465 e. The summed E-state index contributed by atoms with van der Waals surface area (Å²) in [7, 11) is 1.31. The van der Waals surface area contributed by atoms with Gasteiger partial charge in [-0.3, -0.25) is 9.36 Å². The fraction of sp³-hybridized carbons (Fsp3) is 0.121. The van der Waals surface area contributed by atoms with Crippen LogP contribution in [0, 0.1) is 0 Å². The molecule has 1 unspecified atom stereocenters. The number of hydrogen-bond donors (Lipinski definition) is 0. The third kappa shape index (κ3) is 5.38. The Bertz CT molecular complexity index is 2090. The molecule has 0 saturated heterocycles. The van der Waals surface area contributed by atoms with Crippen molar-refractivity contribution in [3.05, 3.63) is 139 Å². The minimum atomic E-state index is -0.832. The van der Waals surface area contributed by atoms with E-state index >= 15 is 0 Å². The number of para-hydroxylation sites is 1. The summed E-state index contributed by atoms with van der Waals surface area (Å²) in [5, 5.41) is 6.83. The number of thiazole rings is 1. The minimum absolute atomic E-state index is 0.00489. The highest BCUT2D eigenvalue weighted by Crippen LogP contribution is 2.32. The average molecular weight is 623 g/mol. The van der Waals surface area contributed by atoms with Gasteiger partial charge in [-0.2, -0.15) is 5.10 Å². The second-order valence-corrected chi connectivity index (χ2v) is 11.7. The van der Waals surface area contributed by atoms with Crippen LogP contribution in [0.1, 0.15) is 34.5 Å². The van der Waals surface area contributed by atoms with Crippen molar-refractivity contribution in [1.82, 2.24) is 14.3 Å². The van der Waals surface area contributed by atoms with Gasteiger partial charge in [0, 0.05) is 11.8 Å². The van der Waals surface area contributed by atoms with Gasteiger partial charge in [-0.05, 0) is 54.3 Å². The molecule has 2 aromatic carbocycles. The van der Waals surface area contributed by atoms with Gasteiger partial charge < -0.3 is 9.47 Å². The van der Waals surface area contributed by atoms with Gasteiger partial charge in [0.1, 0.15) is 12.3 Å². The lowest BCUT2D eigenvalue weighted by Gasteiger charge is -2.24. The van der Waals surface area contributed by atoms with Gasteiger partial charge in [-0.25, -0.2) is 19.3 Å². The van der Waals surface area contributed by atoms with Crippen molar-refractivity contribution < 1.29 is 19.1 Å². The van der Waals surface area contributed by atoms with Crippen molar-refractivity contribution in [3.8, 4) is 16.3 Å². The molecule has 0 N–H and O–H groups in total. The van der Waals surface area contributed by atoms with Crippen LogP contribution in [0.15, 0.2) is 112 Å². The van der Waals surface area contributed by atoms with E-state index in [1.54, 1.807) is 47.2 Å². The maximum Gasteiger partial charge on any atom is 0.338 e. The van der Waals surface area contributed by atoms with Crippen LogP contribution >= 0.6 is 22.7 Å². The Labute approximate surface area is 260 Å². The van der Waals surface area contributed by atoms with Crippen molar-refractivity contribution >= 4 is 40.7 Å². The van der Waals surface area contributed by atoms with Crippen LogP contribution in [0.25, 0.3) is 22.3 Å². The van der Waals surface area contributed by atoms with Gasteiger partial charge in [-0.1, -0.05) is 60.4 Å². The van der Waals surface area contributed by atoms with Crippen molar-refractivity contribution in [2.45, 2.75) is 13.0 Å². The summed E-state index contributed by atoms with van der Waals surface area (Å²) >= 11 is 2.79. The summed E-state index contributed by atoms with van der Waals surface area (Å²) < 4.78 is 14.0. The average Bonchev–Trinajstić information content (AvgIpc) is 3.79. The Morgan fingerprint density at radius 1 is 1.05 bits per heavy atom. The van der Waals surface area contributed by atoms with Gasteiger partial charge in [-0.15, -0.1) is 11.3 Å². The van der Waals surface area contributed by atoms with Crippen LogP contribution in [-0.2, 0) is 14.3 Å². The number of ether oxygens (including phenoxy) is 2. The molecule has 0 amide bonds. The molecule has 4 heterocycles. The van der Waals surface area contributed by atoms with E-state index in [1.165, 1.54) is 29.1 Å². The second-order valence-electron chi connectivity index (χ2n) is 9.77. The number of nitrogens with zero attached hydrogens (tertiary/aromatic N) is 4. The molecular weight excluding hydrogens is 597 g/mol. The van der Waals surface area contributed by atoms with E-state index in [0.717, 1.165) is 21.8 Å². The molecule has 0 saturated carbocycles. The Morgan fingerprint density at radius 2 is 1.82 bits per heavy atom. The highest BCUT2D eigenvalue weighted by atomic mass is 32.1. The minimum Gasteiger partial charge on any atom is -0.465 e. The van der Waals surface area contributed by atoms with Gasteiger partial charge in [0.05, 0.1) is 45.1 Å². The van der Waals surface area contributed by atoms with Crippen LogP contribution in [-0.4, -0.2) is 40.0 Å². The molecule has 0 aliphatic carbocycles. The Morgan fingerprint density at radius 3 is 2.50 bits per heavy atom. The molecule has 0 bridgehead atoms. The van der Waals surface area contributed by atoms with E-state index in [1.807, 2.05) is 60.1 Å². The summed E-state index contributed by atoms with van der Waals surface area (Å²) in [6.07, 6.45) is 5.19. The number of allylic oxidation sites excluding steroid dienone is 1. The van der Waals surface area contributed by atoms with Gasteiger partial charge >= 0.3 is 11.9 Å². The van der Waals surface area contributed by atoms with Gasteiger partial charge in [0.25, 0.3) is 5.56 Å². The number of thiophene rings is 1. The molecule has 0 fully saturated rings. The maximum atomic E-state index is 14.2. The van der Waals surface area contributed by atoms with Crippen LogP contribution in [0.5, 0.6) is 0 Å². The van der Waals surface area contributed by atoms with Gasteiger partial charge in [0.15, 0.2) is 4.80 Å². The summed E-state index contributed by atoms with van der Waals surface area (Å²) in [4.78, 5) is 45.6. The molecule has 0 radical (unpaired) electrons. The highest BCUT2D eigenvalue weighted by molar-refractivity contribution is 7.13. The standard InChI is InChI=1S/C33H26N4O5S2/c1-4-16-42-32(40)27-20(2)34-33-37(29(27)21-12-14-22(15-13-21)31(39)41-3)30(38)26(44-33)18-23-19-36(24-9-6-5-7-10-24)35-28(23)25-11-8-17-43-25/h4-15,17-19,29H,1,16H2,2-3H3. The third-order valence-electron chi connectivity index (χ3n) is 7.03. The number of methoxy groups -OCH3 is 1. The first kappa shape index (κ1) is 29.0. The number of aromatic nitrogens is 3. The van der Waals surface area contributed by atoms with Crippen molar-refractivity contribution in [3.63, 3.8) is 0 Å². The summed E-state index contributed by atoms with van der Waals surface area (Å²) in [6.45, 7) is 5.35. The molecule has 1 atom stereocenters. The topological polar surface area (TPSA) is 105 Å². The van der Waals surface area contributed by atoms with E-state index < -0.39 is 18.0 Å². The van der Waals surface area contributed by atoms with Crippen LogP contribution in [0.2, 0.25) is 0 Å². The second kappa shape index (κ2) is 12.2. The molecule has 6 rings (SSSR count). The third-order valence-corrected chi connectivity index (χ3v) is 8.89. The number of carbonyl (C=O) groups excluding carboxylic acids is 2. The summed E-state index contributed by atoms with van der Waals surface area (Å²) in [5.41, 5.74) is 3.70. The SMILES string of the molecule is C=CCOC(=O)C1=C(C)N=c2sc(=Cc3cn(-c4ccccc4)nc3-c3cccs3)c(=O)n2C1c1ccc(C(=O)OC)cc1. The molecule has 5 aromatic rings. The lowest BCUT2D eigenvalue weighted by molar-refractivity contribution is -0.138. The Balaban J connectivity index is 1.53. The lowest BCUT2D eigenvalue weighted by atomic mass is 9.95. The van der Waals surface area contributed by atoms with E-state index in [9.17, 15) is 14.4 Å². The molecule has 1 aliphatic heterocycles. The maximum absolute atomic E-state index is 14.2. The predicted octanol–water partition coefficient (Wildman–Crippen LogP) is 4.67. The summed E-state index contributed by atoms with van der Waals surface area (Å²) in [6, 6.07) is 19.5. The number of benzene rings is 2. The molecule has 0 spiro atoms. The van der Waals surface area contributed by atoms with E-state index in [4.69, 9.17) is 14.6 Å². The molecule has 9 nitrogen and oxygen atoms in total. The van der Waals surface area contributed by atoms with E-state index in [2.05, 4.69) is 11.6 Å². The number of esters is 2. The van der Waals surface area contributed by atoms with Crippen molar-refractivity contribution in [2.24, 2.45) is 4.99 Å². The van der Waals surface area contributed by atoms with Crippen LogP contribution in [0.4, 0.5) is 0 Å². The monoisotopic (exact) mass is 622 g/mol. The molecule has 1 aliphatic rings. The number of carbonyl (C=O) groups is 2. The molecule has 44 heavy (non-hydrogen) atoms. The number of hydrogen-bond acceptors (Lipinski definition) is 9. The van der Waals surface area contributed by atoms with Crippen LogP contribution < -0.4 is 14.9 Å². The zero-order chi connectivity index (χ0) is 30.8. The van der Waals surface area contributed by atoms with Crippen LogP contribution in [0.3, 0.4) is 0 Å². The van der Waals surface area contributed by atoms with Crippen molar-refractivity contribution in [1.29, 1.82) is 0 Å². The number of rotatable bonds is 8. The first-order chi connectivity index (χ1) is 21.4. The highest BCUT2D eigenvalue weighted by Gasteiger charge is 2.33. The quantitative estimate of drug-likeness (QED) is 0.184. The molecular formula is C33H26N4O5S2. The Kier molecular flexibility index (Phi) is 8.05. The van der Waals surface area contributed by atoms with Crippen molar-refractivity contribution in [2.75, 3.05) is 13.7 Å². The first-order valence-electron chi connectivity index (χ1n) is 13.6. The smallest absolute Gasteiger partial charge is 0.338 e. The fourth-order valence-corrected chi connectivity index (χ4v) is 6.75. The van der Waals surface area contributed by atoms with E-state index in [0.29, 0.717) is 26.2 Å². The normalized spacial score (nSPS) is 14.6. The Hall–Kier alpha value is -5.13. The lowest BCUT2D eigenvalue weighted by Crippen LogP contribution is -2.40. The molecule has 11 heteroatoms. The molecule has 220 valence electrons. The first-order valence-corrected chi connectivity index (χ1v) is 15.3. The fourth-order valence-electron chi connectivity index (χ4n) is 4.98. The van der Waals surface area contributed by atoms with E-state index in [-0.39, 0.29) is 17.7 Å². The summed E-state index contributed by atoms with van der Waals surface area (Å²) in [5.74, 6) is -1.10. The predicted molar refractivity (Wildman–Crippen MR) is 170 cm³/mol. The zero-order valence-electron chi connectivity index (χ0n) is 23.8. The number of fused-ring (bicyclic) bond motifs is 1.